The Balaban J connectivity index is 0.00000192. The Kier molecular flexibility index (Phi) is 12.6. The molecule has 1 saturated carbocycles. The van der Waals surface area contributed by atoms with Gasteiger partial charge in [0.1, 0.15) is 0 Å². The summed E-state index contributed by atoms with van der Waals surface area (Å²) < 4.78 is 79.6. The molecule has 178 valence electrons. The number of nitrogens with one attached hydrogen (secondary N) is 2. The lowest BCUT2D eigenvalue weighted by atomic mass is 9.81. The molecule has 30 heavy (non-hydrogen) atoms. The minimum Gasteiger partial charge on any atom is -0.440 e. The molecule has 0 heterocycles. The predicted molar refractivity (Wildman–Crippen MR) is 96.8 cm³/mol. The lowest BCUT2D eigenvalue weighted by molar-refractivity contribution is -0.160. The normalized spacial score (nSPS) is 19.4. The Morgan fingerprint density at radius 3 is 1.47 bits per heavy atom. The van der Waals surface area contributed by atoms with Gasteiger partial charge in [0.25, 0.3) is 0 Å². The second-order valence-corrected chi connectivity index (χ2v) is 7.78. The van der Waals surface area contributed by atoms with E-state index in [2.05, 4.69) is 40.9 Å². The first-order chi connectivity index (χ1) is 13.7. The lowest BCUT2D eigenvalue weighted by Gasteiger charge is -2.29. The third-order valence-corrected chi connectivity index (χ3v) is 3.70. The zero-order valence-corrected chi connectivity index (χ0v) is 17.3. The van der Waals surface area contributed by atoms with Crippen molar-refractivity contribution in [1.29, 1.82) is 0 Å². The number of alkyl halides is 6. The molecule has 0 aromatic heterocycles. The first kappa shape index (κ1) is 28.1. The SMILES string of the molecule is CC(C)C.O=C(NCC1CCCC(CNC(=O)OCC(F)(F)F)C1)OCC(F)(F)F. The van der Waals surface area contributed by atoms with Gasteiger partial charge in [-0.3, -0.25) is 0 Å². The number of hydrogen-bond donors (Lipinski definition) is 2. The van der Waals surface area contributed by atoms with E-state index in [0.29, 0.717) is 6.42 Å². The Labute approximate surface area is 172 Å². The number of carbonyl (C=O) groups excluding carboxylic acids is 2. The van der Waals surface area contributed by atoms with Crippen LogP contribution in [0.5, 0.6) is 0 Å². The van der Waals surface area contributed by atoms with Crippen LogP contribution in [0.25, 0.3) is 0 Å². The molecule has 0 spiro atoms. The molecule has 0 radical (unpaired) electrons. The molecule has 1 rings (SSSR count). The second-order valence-electron chi connectivity index (χ2n) is 7.78. The van der Waals surface area contributed by atoms with Gasteiger partial charge in [-0.1, -0.05) is 27.2 Å². The highest BCUT2D eigenvalue weighted by Gasteiger charge is 2.31. The Hall–Kier alpha value is -1.88. The van der Waals surface area contributed by atoms with Crippen molar-refractivity contribution in [3.8, 4) is 0 Å². The molecular weight excluding hydrogens is 422 g/mol. The van der Waals surface area contributed by atoms with Crippen LogP contribution in [0.4, 0.5) is 35.9 Å². The standard InChI is InChI=1S/C14H20F6N2O4.C4H10/c15-13(16,17)7-25-11(23)21-5-9-2-1-3-10(4-9)6-22-12(24)26-8-14(18,19)20;1-4(2)3/h9-10H,1-8H2,(H,21,23)(H,22,24);4H,1-3H3. The first-order valence-electron chi connectivity index (χ1n) is 9.62. The highest BCUT2D eigenvalue weighted by molar-refractivity contribution is 5.67. The molecule has 0 aliphatic heterocycles. The fourth-order valence-electron chi connectivity index (χ4n) is 2.63. The molecule has 1 aliphatic carbocycles. The maximum Gasteiger partial charge on any atom is 0.422 e. The summed E-state index contributed by atoms with van der Waals surface area (Å²) >= 11 is 0. The molecule has 6 nitrogen and oxygen atoms in total. The molecule has 1 fully saturated rings. The average molecular weight is 452 g/mol. The number of hydrogen-bond acceptors (Lipinski definition) is 4. The van der Waals surface area contributed by atoms with Gasteiger partial charge < -0.3 is 20.1 Å². The zero-order valence-electron chi connectivity index (χ0n) is 17.3. The van der Waals surface area contributed by atoms with Crippen LogP contribution >= 0.6 is 0 Å². The monoisotopic (exact) mass is 452 g/mol. The topological polar surface area (TPSA) is 76.7 Å². The van der Waals surface area contributed by atoms with Crippen LogP contribution in [0.15, 0.2) is 0 Å². The van der Waals surface area contributed by atoms with E-state index in [4.69, 9.17) is 0 Å². The fourth-order valence-corrected chi connectivity index (χ4v) is 2.63. The van der Waals surface area contributed by atoms with Gasteiger partial charge in [0, 0.05) is 13.1 Å². The van der Waals surface area contributed by atoms with Crippen molar-refractivity contribution in [2.45, 2.75) is 58.8 Å². The van der Waals surface area contributed by atoms with Gasteiger partial charge in [0.15, 0.2) is 13.2 Å². The number of halogens is 6. The summed E-state index contributed by atoms with van der Waals surface area (Å²) in [6.07, 6.45) is -8.76. The minimum absolute atomic E-state index is 0.0276. The van der Waals surface area contributed by atoms with Gasteiger partial charge in [-0.2, -0.15) is 26.3 Å². The van der Waals surface area contributed by atoms with Gasteiger partial charge in [-0.25, -0.2) is 9.59 Å². The maximum atomic E-state index is 11.9. The van der Waals surface area contributed by atoms with E-state index in [1.54, 1.807) is 0 Å². The lowest BCUT2D eigenvalue weighted by Crippen LogP contribution is -2.37. The minimum atomic E-state index is -4.60. The van der Waals surface area contributed by atoms with Crippen LogP contribution < -0.4 is 10.6 Å². The summed E-state index contributed by atoms with van der Waals surface area (Å²) in [6, 6.07) is 0. The van der Waals surface area contributed by atoms with E-state index in [9.17, 15) is 35.9 Å². The molecular formula is C18H30F6N2O4. The van der Waals surface area contributed by atoms with Gasteiger partial charge in [-0.05, 0) is 37.0 Å². The van der Waals surface area contributed by atoms with E-state index in [0.717, 1.165) is 25.2 Å². The van der Waals surface area contributed by atoms with Gasteiger partial charge in [0.2, 0.25) is 0 Å². The first-order valence-corrected chi connectivity index (χ1v) is 9.62. The largest absolute Gasteiger partial charge is 0.440 e. The van der Waals surface area contributed by atoms with E-state index in [1.807, 2.05) is 0 Å². The van der Waals surface area contributed by atoms with Crippen molar-refractivity contribution in [3.05, 3.63) is 0 Å². The van der Waals surface area contributed by atoms with E-state index in [1.165, 1.54) is 0 Å². The highest BCUT2D eigenvalue weighted by Crippen LogP contribution is 2.28. The molecule has 0 saturated heterocycles. The van der Waals surface area contributed by atoms with Crippen molar-refractivity contribution >= 4 is 12.2 Å². The summed E-state index contributed by atoms with van der Waals surface area (Å²) in [7, 11) is 0. The van der Waals surface area contributed by atoms with E-state index < -0.39 is 37.8 Å². The van der Waals surface area contributed by atoms with Crippen molar-refractivity contribution in [2.75, 3.05) is 26.3 Å². The van der Waals surface area contributed by atoms with Crippen molar-refractivity contribution in [2.24, 2.45) is 17.8 Å². The Bertz CT molecular complexity index is 469. The summed E-state index contributed by atoms with van der Waals surface area (Å²) in [5, 5.41) is 4.50. The summed E-state index contributed by atoms with van der Waals surface area (Å²) in [5.74, 6) is 0.778. The summed E-state index contributed by atoms with van der Waals surface area (Å²) in [4.78, 5) is 22.4. The molecule has 0 bridgehead atoms. The van der Waals surface area contributed by atoms with Crippen molar-refractivity contribution < 1.29 is 45.4 Å². The van der Waals surface area contributed by atoms with Crippen LogP contribution in [-0.2, 0) is 9.47 Å². The zero-order chi connectivity index (χ0) is 23.4. The van der Waals surface area contributed by atoms with Crippen LogP contribution in [0.3, 0.4) is 0 Å². The summed E-state index contributed by atoms with van der Waals surface area (Å²) in [5.41, 5.74) is 0. The average Bonchev–Trinajstić information content (AvgIpc) is 2.60. The quantitative estimate of drug-likeness (QED) is 0.554. The molecule has 2 atom stereocenters. The highest BCUT2D eigenvalue weighted by atomic mass is 19.4. The van der Waals surface area contributed by atoms with Crippen LogP contribution in [-0.4, -0.2) is 50.8 Å². The van der Waals surface area contributed by atoms with Gasteiger partial charge in [0.05, 0.1) is 0 Å². The van der Waals surface area contributed by atoms with E-state index >= 15 is 0 Å². The van der Waals surface area contributed by atoms with Crippen molar-refractivity contribution in [3.63, 3.8) is 0 Å². The van der Waals surface area contributed by atoms with Crippen LogP contribution in [0.2, 0.25) is 0 Å². The fraction of sp³-hybridized carbons (Fsp3) is 0.889. The number of rotatable bonds is 6. The maximum absolute atomic E-state index is 11.9. The molecule has 2 unspecified atom stereocenters. The van der Waals surface area contributed by atoms with E-state index in [-0.39, 0.29) is 24.9 Å². The Morgan fingerprint density at radius 1 is 0.833 bits per heavy atom. The molecule has 12 heteroatoms. The number of ether oxygens (including phenoxy) is 2. The smallest absolute Gasteiger partial charge is 0.422 e. The predicted octanol–water partition coefficient (Wildman–Crippen LogP) is 5.03. The third kappa shape index (κ3) is 18.2. The molecule has 1 aliphatic rings. The number of carbonyl (C=O) groups is 2. The van der Waals surface area contributed by atoms with Crippen LogP contribution in [0, 0.1) is 17.8 Å². The van der Waals surface area contributed by atoms with Gasteiger partial charge >= 0.3 is 24.5 Å². The molecule has 2 N–H and O–H groups in total. The van der Waals surface area contributed by atoms with Crippen LogP contribution in [0.1, 0.15) is 46.5 Å². The summed E-state index contributed by atoms with van der Waals surface area (Å²) in [6.45, 7) is 3.39. The van der Waals surface area contributed by atoms with Crippen molar-refractivity contribution in [1.82, 2.24) is 10.6 Å². The van der Waals surface area contributed by atoms with Gasteiger partial charge in [-0.15, -0.1) is 0 Å². The molecule has 0 aromatic rings. The molecule has 0 aromatic carbocycles. The number of alkyl carbamates (subject to hydrolysis) is 2. The number of amides is 2. The third-order valence-electron chi connectivity index (χ3n) is 3.70. The molecule has 2 amide bonds. The second kappa shape index (κ2) is 13.4. The Morgan fingerprint density at radius 2 is 1.17 bits per heavy atom.